The molecule has 1 aliphatic rings. The Labute approximate surface area is 170 Å². The molecule has 1 fully saturated rings. The molecule has 0 bridgehead atoms. The number of allylic oxidation sites excluding steroid dienone is 1. The molecule has 0 heterocycles. The van der Waals surface area contributed by atoms with Crippen LogP contribution in [0.1, 0.15) is 57.4 Å². The summed E-state index contributed by atoms with van der Waals surface area (Å²) >= 11 is 0. The molecule has 2 rings (SSSR count). The molecule has 3 atom stereocenters. The molecule has 1 saturated carbocycles. The Hall–Kier alpha value is -1.58. The van der Waals surface area contributed by atoms with Crippen LogP contribution in [0.15, 0.2) is 40.6 Å². The average molecular weight is 423 g/mol. The lowest BCUT2D eigenvalue weighted by atomic mass is 9.80. The van der Waals surface area contributed by atoms with Gasteiger partial charge in [0.15, 0.2) is 19.7 Å². The lowest BCUT2D eigenvalue weighted by Gasteiger charge is -2.32. The van der Waals surface area contributed by atoms with Crippen LogP contribution in [0.5, 0.6) is 0 Å². The van der Waals surface area contributed by atoms with Gasteiger partial charge in [0.25, 0.3) is 0 Å². The number of terminal acetylenes is 1. The van der Waals surface area contributed by atoms with Crippen LogP contribution in [-0.2, 0) is 19.7 Å². The number of benzene rings is 1. The van der Waals surface area contributed by atoms with Crippen molar-refractivity contribution in [3.8, 4) is 12.3 Å². The summed E-state index contributed by atoms with van der Waals surface area (Å²) in [5, 5.41) is 0. The van der Waals surface area contributed by atoms with E-state index in [0.29, 0.717) is 12.8 Å². The topological polar surface area (TPSA) is 68.3 Å². The second-order valence-electron chi connectivity index (χ2n) is 7.50. The normalized spacial score (nSPS) is 21.6. The standard InChI is InChI=1S/C22H30O4S2/c1-5-18(6-2)19-12-14-21(15-13-19)28(25,26)16-20-10-8-9-11-22(20)17(4)27(23,24)7-3/h1,12-15,18,20,22H,4,6-11,16H2,2-3H3/t18?,20-,22?/m1/s1. The van der Waals surface area contributed by atoms with E-state index in [4.69, 9.17) is 6.42 Å². The van der Waals surface area contributed by atoms with Gasteiger partial charge in [-0.1, -0.05) is 51.3 Å². The zero-order chi connectivity index (χ0) is 20.9. The van der Waals surface area contributed by atoms with Crippen LogP contribution in [0.2, 0.25) is 0 Å². The van der Waals surface area contributed by atoms with E-state index in [0.717, 1.165) is 24.8 Å². The molecular formula is C22H30O4S2. The van der Waals surface area contributed by atoms with Gasteiger partial charge in [0.1, 0.15) is 0 Å². The Morgan fingerprint density at radius 1 is 1.14 bits per heavy atom. The fourth-order valence-corrected chi connectivity index (χ4v) is 6.83. The minimum Gasteiger partial charge on any atom is -0.224 e. The average Bonchev–Trinajstić information content (AvgIpc) is 2.69. The van der Waals surface area contributed by atoms with Gasteiger partial charge in [0, 0.05) is 10.8 Å². The molecule has 0 N–H and O–H groups in total. The van der Waals surface area contributed by atoms with Crippen molar-refractivity contribution in [3.05, 3.63) is 41.3 Å². The third kappa shape index (κ3) is 5.07. The Bertz CT molecular complexity index is 935. The summed E-state index contributed by atoms with van der Waals surface area (Å²) in [6.07, 6.45) is 9.51. The van der Waals surface area contributed by atoms with Crippen LogP contribution >= 0.6 is 0 Å². The first-order chi connectivity index (χ1) is 13.2. The Kier molecular flexibility index (Phi) is 7.52. The largest absolute Gasteiger partial charge is 0.224 e. The van der Waals surface area contributed by atoms with Gasteiger partial charge in [-0.2, -0.15) is 0 Å². The zero-order valence-corrected chi connectivity index (χ0v) is 18.4. The molecule has 1 aliphatic carbocycles. The van der Waals surface area contributed by atoms with Crippen molar-refractivity contribution in [3.63, 3.8) is 0 Å². The van der Waals surface area contributed by atoms with Crippen molar-refractivity contribution in [2.24, 2.45) is 11.8 Å². The van der Waals surface area contributed by atoms with E-state index in [9.17, 15) is 16.8 Å². The van der Waals surface area contributed by atoms with Gasteiger partial charge in [-0.15, -0.1) is 6.42 Å². The van der Waals surface area contributed by atoms with E-state index in [1.165, 1.54) is 0 Å². The Morgan fingerprint density at radius 3 is 2.29 bits per heavy atom. The molecule has 0 spiro atoms. The van der Waals surface area contributed by atoms with Gasteiger partial charge >= 0.3 is 0 Å². The number of sulfone groups is 2. The summed E-state index contributed by atoms with van der Waals surface area (Å²) in [6, 6.07) is 6.78. The molecule has 0 amide bonds. The van der Waals surface area contributed by atoms with Gasteiger partial charge in [-0.3, -0.25) is 0 Å². The summed E-state index contributed by atoms with van der Waals surface area (Å²) in [6.45, 7) is 7.41. The van der Waals surface area contributed by atoms with Crippen molar-refractivity contribution >= 4 is 19.7 Å². The molecule has 28 heavy (non-hydrogen) atoms. The van der Waals surface area contributed by atoms with Crippen molar-refractivity contribution < 1.29 is 16.8 Å². The van der Waals surface area contributed by atoms with E-state index in [2.05, 4.69) is 12.5 Å². The first-order valence-electron chi connectivity index (χ1n) is 9.86. The first kappa shape index (κ1) is 22.7. The smallest absolute Gasteiger partial charge is 0.178 e. The van der Waals surface area contributed by atoms with E-state index in [1.54, 1.807) is 31.2 Å². The highest BCUT2D eigenvalue weighted by molar-refractivity contribution is 7.95. The molecule has 0 aromatic heterocycles. The van der Waals surface area contributed by atoms with Crippen LogP contribution in [-0.4, -0.2) is 28.3 Å². The molecule has 1 aromatic carbocycles. The predicted molar refractivity (Wildman–Crippen MR) is 114 cm³/mol. The first-order valence-corrected chi connectivity index (χ1v) is 13.2. The second-order valence-corrected chi connectivity index (χ2v) is 11.9. The number of hydrogen-bond donors (Lipinski definition) is 0. The third-order valence-electron chi connectivity index (χ3n) is 5.79. The summed E-state index contributed by atoms with van der Waals surface area (Å²) in [5.74, 6) is 2.12. The lowest BCUT2D eigenvalue weighted by molar-refractivity contribution is 0.302. The molecule has 0 radical (unpaired) electrons. The van der Waals surface area contributed by atoms with Crippen molar-refractivity contribution in [1.29, 1.82) is 0 Å². The van der Waals surface area contributed by atoms with E-state index < -0.39 is 19.7 Å². The van der Waals surface area contributed by atoms with Crippen LogP contribution in [0.4, 0.5) is 0 Å². The molecule has 154 valence electrons. The monoisotopic (exact) mass is 422 g/mol. The molecule has 2 unspecified atom stereocenters. The lowest BCUT2D eigenvalue weighted by Crippen LogP contribution is -2.30. The van der Waals surface area contributed by atoms with Crippen LogP contribution in [0.3, 0.4) is 0 Å². The van der Waals surface area contributed by atoms with Crippen LogP contribution in [0, 0.1) is 24.2 Å². The summed E-state index contributed by atoms with van der Waals surface area (Å²) in [5.41, 5.74) is 0.932. The van der Waals surface area contributed by atoms with Crippen molar-refractivity contribution in [1.82, 2.24) is 0 Å². The van der Waals surface area contributed by atoms with E-state index in [-0.39, 0.29) is 39.1 Å². The van der Waals surface area contributed by atoms with E-state index in [1.807, 2.05) is 6.92 Å². The SMILES string of the molecule is C#CC(CC)c1ccc(S(=O)(=O)C[C@H]2CCCCC2C(=C)S(=O)(=O)CC)cc1. The Balaban J connectivity index is 2.24. The minimum atomic E-state index is -3.52. The van der Waals surface area contributed by atoms with Crippen molar-refractivity contribution in [2.75, 3.05) is 11.5 Å². The highest BCUT2D eigenvalue weighted by atomic mass is 32.2. The van der Waals surface area contributed by atoms with Gasteiger partial charge in [-0.25, -0.2) is 16.8 Å². The highest BCUT2D eigenvalue weighted by Gasteiger charge is 2.35. The number of hydrogen-bond acceptors (Lipinski definition) is 4. The maximum atomic E-state index is 13.0. The highest BCUT2D eigenvalue weighted by Crippen LogP contribution is 2.38. The maximum Gasteiger partial charge on any atom is 0.178 e. The fourth-order valence-electron chi connectivity index (χ4n) is 3.98. The van der Waals surface area contributed by atoms with Crippen LogP contribution in [0.25, 0.3) is 0 Å². The van der Waals surface area contributed by atoms with Crippen LogP contribution < -0.4 is 0 Å². The number of rotatable bonds is 8. The quantitative estimate of drug-likeness (QED) is 0.584. The summed E-state index contributed by atoms with van der Waals surface area (Å²) in [7, 11) is -6.90. The zero-order valence-electron chi connectivity index (χ0n) is 16.7. The predicted octanol–water partition coefficient (Wildman–Crippen LogP) is 4.34. The van der Waals surface area contributed by atoms with Crippen molar-refractivity contribution in [2.45, 2.75) is 56.8 Å². The summed E-state index contributed by atoms with van der Waals surface area (Å²) in [4.78, 5) is 0.460. The fraction of sp³-hybridized carbons (Fsp3) is 0.545. The second kappa shape index (κ2) is 9.28. The molecule has 1 aromatic rings. The molecule has 4 nitrogen and oxygen atoms in total. The minimum absolute atomic E-state index is 0.00294. The molecule has 6 heteroatoms. The van der Waals surface area contributed by atoms with Gasteiger partial charge in [0.05, 0.1) is 16.4 Å². The molecule has 0 aliphatic heterocycles. The summed E-state index contributed by atoms with van der Waals surface area (Å²) < 4.78 is 50.5. The third-order valence-corrected chi connectivity index (χ3v) is 9.51. The molecular weight excluding hydrogens is 392 g/mol. The molecule has 0 saturated heterocycles. The van der Waals surface area contributed by atoms with E-state index >= 15 is 0 Å². The van der Waals surface area contributed by atoms with Gasteiger partial charge in [0.2, 0.25) is 0 Å². The van der Waals surface area contributed by atoms with Gasteiger partial charge in [-0.05, 0) is 48.8 Å². The Morgan fingerprint density at radius 2 is 1.75 bits per heavy atom. The van der Waals surface area contributed by atoms with Gasteiger partial charge < -0.3 is 0 Å². The maximum absolute atomic E-state index is 13.0.